The van der Waals surface area contributed by atoms with E-state index >= 15 is 0 Å². The molecule has 0 bridgehead atoms. The van der Waals surface area contributed by atoms with Crippen molar-refractivity contribution in [2.45, 2.75) is 77.4 Å². The van der Waals surface area contributed by atoms with Crippen molar-refractivity contribution >= 4 is 0 Å². The lowest BCUT2D eigenvalue weighted by molar-refractivity contribution is -0.0690. The summed E-state index contributed by atoms with van der Waals surface area (Å²) in [6, 6.07) is 0. The van der Waals surface area contributed by atoms with Gasteiger partial charge in [0.05, 0.1) is 11.7 Å². The molecule has 1 aliphatic rings. The van der Waals surface area contributed by atoms with Crippen molar-refractivity contribution in [3.05, 3.63) is 0 Å². The molecule has 0 aromatic rings. The van der Waals surface area contributed by atoms with Gasteiger partial charge in [-0.15, -0.1) is 0 Å². The second-order valence-electron chi connectivity index (χ2n) is 5.20. The van der Waals surface area contributed by atoms with Crippen LogP contribution in [0.2, 0.25) is 0 Å². The van der Waals surface area contributed by atoms with E-state index in [2.05, 4.69) is 20.8 Å². The van der Waals surface area contributed by atoms with Crippen LogP contribution in [0, 0.1) is 0 Å². The van der Waals surface area contributed by atoms with Crippen LogP contribution < -0.4 is 0 Å². The summed E-state index contributed by atoms with van der Waals surface area (Å²) in [4.78, 5) is 0. The summed E-state index contributed by atoms with van der Waals surface area (Å²) < 4.78 is 6.01. The monoisotopic (exact) mass is 184 g/mol. The molecule has 0 unspecified atom stereocenters. The third-order valence-corrected chi connectivity index (χ3v) is 2.57. The first-order valence-corrected chi connectivity index (χ1v) is 5.76. The molecular formula is C12H24O. The summed E-state index contributed by atoms with van der Waals surface area (Å²) in [5, 5.41) is 0. The molecule has 1 nitrogen and oxygen atoms in total. The van der Waals surface area contributed by atoms with Gasteiger partial charge in [0.2, 0.25) is 0 Å². The first kappa shape index (κ1) is 11.0. The molecule has 0 atom stereocenters. The SMILES string of the molecule is CC(C)(C)OC1CCCCCCC1. The number of ether oxygens (including phenoxy) is 1. The highest BCUT2D eigenvalue weighted by atomic mass is 16.5. The lowest BCUT2D eigenvalue weighted by Gasteiger charge is -2.28. The maximum absolute atomic E-state index is 6.01. The second-order valence-corrected chi connectivity index (χ2v) is 5.20. The second kappa shape index (κ2) is 4.99. The van der Waals surface area contributed by atoms with Crippen LogP contribution in [-0.4, -0.2) is 11.7 Å². The third kappa shape index (κ3) is 5.30. The van der Waals surface area contributed by atoms with Crippen molar-refractivity contribution in [3.8, 4) is 0 Å². The number of hydrogen-bond acceptors (Lipinski definition) is 1. The topological polar surface area (TPSA) is 9.23 Å². The summed E-state index contributed by atoms with van der Waals surface area (Å²) in [6.07, 6.45) is 10.0. The van der Waals surface area contributed by atoms with Crippen LogP contribution in [0.15, 0.2) is 0 Å². The standard InChI is InChI=1S/C12H24O/c1-12(2,3)13-11-9-7-5-4-6-8-10-11/h11H,4-10H2,1-3H3. The van der Waals surface area contributed by atoms with Crippen molar-refractivity contribution in [1.29, 1.82) is 0 Å². The van der Waals surface area contributed by atoms with Crippen molar-refractivity contribution in [2.75, 3.05) is 0 Å². The first-order chi connectivity index (χ1) is 6.08. The van der Waals surface area contributed by atoms with E-state index in [-0.39, 0.29) is 5.60 Å². The molecule has 1 aliphatic carbocycles. The zero-order chi connectivity index (χ0) is 9.73. The highest BCUT2D eigenvalue weighted by Crippen LogP contribution is 2.23. The minimum Gasteiger partial charge on any atom is -0.373 e. The quantitative estimate of drug-likeness (QED) is 0.600. The summed E-state index contributed by atoms with van der Waals surface area (Å²) >= 11 is 0. The first-order valence-electron chi connectivity index (χ1n) is 5.76. The van der Waals surface area contributed by atoms with Gasteiger partial charge in [-0.1, -0.05) is 32.1 Å². The van der Waals surface area contributed by atoms with Crippen LogP contribution in [0.5, 0.6) is 0 Å². The van der Waals surface area contributed by atoms with Crippen LogP contribution >= 0.6 is 0 Å². The highest BCUT2D eigenvalue weighted by Gasteiger charge is 2.18. The molecule has 0 aromatic heterocycles. The molecule has 0 aromatic carbocycles. The Kier molecular flexibility index (Phi) is 4.24. The summed E-state index contributed by atoms with van der Waals surface area (Å²) in [5.41, 5.74) is 0.0455. The molecule has 0 radical (unpaired) electrons. The summed E-state index contributed by atoms with van der Waals surface area (Å²) in [6.45, 7) is 6.48. The van der Waals surface area contributed by atoms with Crippen LogP contribution in [0.25, 0.3) is 0 Å². The highest BCUT2D eigenvalue weighted by molar-refractivity contribution is 4.68. The van der Waals surface area contributed by atoms with Gasteiger partial charge in [-0.3, -0.25) is 0 Å². The van der Waals surface area contributed by atoms with Gasteiger partial charge in [0.15, 0.2) is 0 Å². The van der Waals surface area contributed by atoms with E-state index in [1.165, 1.54) is 44.9 Å². The molecule has 1 saturated carbocycles. The summed E-state index contributed by atoms with van der Waals surface area (Å²) in [5.74, 6) is 0. The molecule has 0 spiro atoms. The maximum atomic E-state index is 6.01. The predicted molar refractivity (Wildman–Crippen MR) is 56.9 cm³/mol. The van der Waals surface area contributed by atoms with Gasteiger partial charge in [0, 0.05) is 0 Å². The summed E-state index contributed by atoms with van der Waals surface area (Å²) in [7, 11) is 0. The van der Waals surface area contributed by atoms with Gasteiger partial charge in [0.25, 0.3) is 0 Å². The van der Waals surface area contributed by atoms with Gasteiger partial charge < -0.3 is 4.74 Å². The minimum atomic E-state index is 0.0455. The number of hydrogen-bond donors (Lipinski definition) is 0. The van der Waals surface area contributed by atoms with Crippen molar-refractivity contribution in [2.24, 2.45) is 0 Å². The van der Waals surface area contributed by atoms with Crippen LogP contribution in [0.3, 0.4) is 0 Å². The molecule has 1 heteroatoms. The van der Waals surface area contributed by atoms with E-state index in [0.29, 0.717) is 6.10 Å². The fourth-order valence-electron chi connectivity index (χ4n) is 2.04. The van der Waals surface area contributed by atoms with Gasteiger partial charge in [-0.2, -0.15) is 0 Å². The van der Waals surface area contributed by atoms with Crippen LogP contribution in [0.1, 0.15) is 65.7 Å². The molecule has 0 heterocycles. The molecule has 0 aliphatic heterocycles. The van der Waals surface area contributed by atoms with E-state index in [9.17, 15) is 0 Å². The normalized spacial score (nSPS) is 22.4. The maximum Gasteiger partial charge on any atom is 0.0602 e. The zero-order valence-electron chi connectivity index (χ0n) is 9.44. The van der Waals surface area contributed by atoms with Gasteiger partial charge in [-0.25, -0.2) is 0 Å². The largest absolute Gasteiger partial charge is 0.373 e. The van der Waals surface area contributed by atoms with Gasteiger partial charge in [-0.05, 0) is 33.6 Å². The smallest absolute Gasteiger partial charge is 0.0602 e. The molecule has 78 valence electrons. The van der Waals surface area contributed by atoms with E-state index in [1.54, 1.807) is 0 Å². The Morgan fingerprint density at radius 1 is 0.846 bits per heavy atom. The molecule has 1 rings (SSSR count). The van der Waals surface area contributed by atoms with E-state index < -0.39 is 0 Å². The Bertz CT molecular complexity index is 127. The molecule has 1 fully saturated rings. The molecular weight excluding hydrogens is 160 g/mol. The molecule has 13 heavy (non-hydrogen) atoms. The third-order valence-electron chi connectivity index (χ3n) is 2.57. The lowest BCUT2D eigenvalue weighted by atomic mass is 9.98. The fourth-order valence-corrected chi connectivity index (χ4v) is 2.04. The average Bonchev–Trinajstić information content (AvgIpc) is 1.92. The fraction of sp³-hybridized carbons (Fsp3) is 1.00. The van der Waals surface area contributed by atoms with Crippen molar-refractivity contribution in [3.63, 3.8) is 0 Å². The Labute approximate surface area is 82.9 Å². The Balaban J connectivity index is 2.29. The Morgan fingerprint density at radius 2 is 1.31 bits per heavy atom. The Morgan fingerprint density at radius 3 is 1.77 bits per heavy atom. The van der Waals surface area contributed by atoms with Crippen LogP contribution in [-0.2, 0) is 4.74 Å². The average molecular weight is 184 g/mol. The molecule has 0 amide bonds. The van der Waals surface area contributed by atoms with E-state index in [0.717, 1.165) is 0 Å². The number of rotatable bonds is 1. The van der Waals surface area contributed by atoms with Crippen molar-refractivity contribution in [1.82, 2.24) is 0 Å². The van der Waals surface area contributed by atoms with E-state index in [1.807, 2.05) is 0 Å². The molecule has 0 saturated heterocycles. The Hall–Kier alpha value is -0.0400. The van der Waals surface area contributed by atoms with Crippen molar-refractivity contribution < 1.29 is 4.74 Å². The molecule has 0 N–H and O–H groups in total. The van der Waals surface area contributed by atoms with Gasteiger partial charge >= 0.3 is 0 Å². The predicted octanol–water partition coefficient (Wildman–Crippen LogP) is 3.91. The minimum absolute atomic E-state index is 0.0455. The van der Waals surface area contributed by atoms with E-state index in [4.69, 9.17) is 4.74 Å². The zero-order valence-corrected chi connectivity index (χ0v) is 9.44. The van der Waals surface area contributed by atoms with Crippen LogP contribution in [0.4, 0.5) is 0 Å². The lowest BCUT2D eigenvalue weighted by Crippen LogP contribution is -2.27. The van der Waals surface area contributed by atoms with Gasteiger partial charge in [0.1, 0.15) is 0 Å².